The van der Waals surface area contributed by atoms with Crippen LogP contribution in [0.25, 0.3) is 0 Å². The third-order valence-corrected chi connectivity index (χ3v) is 6.18. The van der Waals surface area contributed by atoms with Gasteiger partial charge in [-0.15, -0.1) is 0 Å². The van der Waals surface area contributed by atoms with Gasteiger partial charge in [0, 0.05) is 25.7 Å². The zero-order valence-corrected chi connectivity index (χ0v) is 16.6. The SMILES string of the molecule is CC(C)c1ccc(OCCN2CC(C3CCN(C(C)C)CC3)C2)cc1. The van der Waals surface area contributed by atoms with Gasteiger partial charge >= 0.3 is 0 Å². The molecular weight excluding hydrogens is 308 g/mol. The molecule has 2 fully saturated rings. The van der Waals surface area contributed by atoms with Crippen LogP contribution in [0.2, 0.25) is 0 Å². The number of hydrogen-bond donors (Lipinski definition) is 0. The Balaban J connectivity index is 1.30. The summed E-state index contributed by atoms with van der Waals surface area (Å²) in [5.74, 6) is 3.47. The van der Waals surface area contributed by atoms with Crippen LogP contribution in [0.1, 0.15) is 52.0 Å². The smallest absolute Gasteiger partial charge is 0.119 e. The zero-order valence-electron chi connectivity index (χ0n) is 16.6. The van der Waals surface area contributed by atoms with Crippen LogP contribution in [-0.2, 0) is 0 Å². The normalized spacial score (nSPS) is 21.0. The molecule has 25 heavy (non-hydrogen) atoms. The van der Waals surface area contributed by atoms with Gasteiger partial charge in [0.15, 0.2) is 0 Å². The van der Waals surface area contributed by atoms with Crippen molar-refractivity contribution in [2.45, 2.75) is 52.5 Å². The lowest BCUT2D eigenvalue weighted by molar-refractivity contribution is 0.0163. The van der Waals surface area contributed by atoms with Crippen LogP contribution in [0.3, 0.4) is 0 Å². The first-order valence-electron chi connectivity index (χ1n) is 10.2. The number of likely N-dealkylation sites (tertiary alicyclic amines) is 2. The van der Waals surface area contributed by atoms with E-state index in [-0.39, 0.29) is 0 Å². The Kier molecular flexibility index (Phi) is 6.40. The van der Waals surface area contributed by atoms with Gasteiger partial charge in [0.1, 0.15) is 12.4 Å². The Morgan fingerprint density at radius 1 is 0.960 bits per heavy atom. The second-order valence-electron chi connectivity index (χ2n) is 8.56. The molecule has 0 spiro atoms. The van der Waals surface area contributed by atoms with Gasteiger partial charge in [-0.25, -0.2) is 0 Å². The Morgan fingerprint density at radius 2 is 1.60 bits per heavy atom. The zero-order chi connectivity index (χ0) is 17.8. The van der Waals surface area contributed by atoms with E-state index in [9.17, 15) is 0 Å². The number of nitrogens with zero attached hydrogens (tertiary/aromatic N) is 2. The summed E-state index contributed by atoms with van der Waals surface area (Å²) in [4.78, 5) is 5.19. The third-order valence-electron chi connectivity index (χ3n) is 6.18. The van der Waals surface area contributed by atoms with Crippen molar-refractivity contribution in [2.24, 2.45) is 11.8 Å². The molecular formula is C22H36N2O. The lowest BCUT2D eigenvalue weighted by Crippen LogP contribution is -2.53. The predicted octanol–water partition coefficient (Wildman–Crippen LogP) is 4.24. The number of hydrogen-bond acceptors (Lipinski definition) is 3. The van der Waals surface area contributed by atoms with Gasteiger partial charge < -0.3 is 9.64 Å². The molecule has 0 aliphatic carbocycles. The van der Waals surface area contributed by atoms with E-state index in [0.717, 1.165) is 30.7 Å². The van der Waals surface area contributed by atoms with Crippen LogP contribution < -0.4 is 4.74 Å². The fraction of sp³-hybridized carbons (Fsp3) is 0.727. The monoisotopic (exact) mass is 344 g/mol. The van der Waals surface area contributed by atoms with Crippen molar-refractivity contribution in [1.82, 2.24) is 9.80 Å². The standard InChI is InChI=1S/C22H36N2O/c1-17(2)19-5-7-22(8-6-19)25-14-13-23-15-21(16-23)20-9-11-24(12-10-20)18(3)4/h5-8,17-18,20-21H,9-16H2,1-4H3. The van der Waals surface area contributed by atoms with Crippen molar-refractivity contribution in [3.63, 3.8) is 0 Å². The minimum atomic E-state index is 0.583. The molecule has 2 heterocycles. The summed E-state index contributed by atoms with van der Waals surface area (Å²) in [7, 11) is 0. The molecule has 140 valence electrons. The highest BCUT2D eigenvalue weighted by atomic mass is 16.5. The lowest BCUT2D eigenvalue weighted by Gasteiger charge is -2.46. The van der Waals surface area contributed by atoms with Crippen molar-refractivity contribution < 1.29 is 4.74 Å². The van der Waals surface area contributed by atoms with E-state index >= 15 is 0 Å². The predicted molar refractivity (Wildman–Crippen MR) is 105 cm³/mol. The van der Waals surface area contributed by atoms with E-state index in [1.54, 1.807) is 0 Å². The maximum atomic E-state index is 5.92. The average molecular weight is 345 g/mol. The first kappa shape index (κ1) is 18.7. The molecule has 0 radical (unpaired) electrons. The largest absolute Gasteiger partial charge is 0.492 e. The van der Waals surface area contributed by atoms with E-state index in [4.69, 9.17) is 4.74 Å². The lowest BCUT2D eigenvalue weighted by atomic mass is 9.79. The van der Waals surface area contributed by atoms with Crippen LogP contribution in [-0.4, -0.2) is 55.2 Å². The molecule has 0 amide bonds. The fourth-order valence-electron chi connectivity index (χ4n) is 4.24. The first-order valence-corrected chi connectivity index (χ1v) is 10.2. The molecule has 0 saturated carbocycles. The van der Waals surface area contributed by atoms with E-state index in [1.807, 2.05) is 0 Å². The summed E-state index contributed by atoms with van der Waals surface area (Å²) in [5.41, 5.74) is 1.38. The van der Waals surface area contributed by atoms with Crippen LogP contribution in [0, 0.1) is 11.8 Å². The van der Waals surface area contributed by atoms with Gasteiger partial charge in [0.05, 0.1) is 0 Å². The highest BCUT2D eigenvalue weighted by Crippen LogP contribution is 2.32. The molecule has 3 rings (SSSR count). The summed E-state index contributed by atoms with van der Waals surface area (Å²) < 4.78 is 5.92. The number of ether oxygens (including phenoxy) is 1. The van der Waals surface area contributed by atoms with E-state index in [2.05, 4.69) is 61.8 Å². The number of piperidine rings is 1. The molecule has 0 atom stereocenters. The molecule has 0 bridgehead atoms. The van der Waals surface area contributed by atoms with Gasteiger partial charge in [0.25, 0.3) is 0 Å². The third kappa shape index (κ3) is 4.98. The summed E-state index contributed by atoms with van der Waals surface area (Å²) in [6.45, 7) is 16.1. The highest BCUT2D eigenvalue weighted by Gasteiger charge is 2.35. The van der Waals surface area contributed by atoms with E-state index in [1.165, 1.54) is 44.6 Å². The Hall–Kier alpha value is -1.06. The topological polar surface area (TPSA) is 15.7 Å². The van der Waals surface area contributed by atoms with E-state index < -0.39 is 0 Å². The van der Waals surface area contributed by atoms with Gasteiger partial charge in [-0.05, 0) is 75.2 Å². The Morgan fingerprint density at radius 3 is 2.16 bits per heavy atom. The summed E-state index contributed by atoms with van der Waals surface area (Å²) >= 11 is 0. The van der Waals surface area contributed by atoms with E-state index in [0.29, 0.717) is 12.0 Å². The average Bonchev–Trinajstić information content (AvgIpc) is 2.57. The molecule has 0 aromatic heterocycles. The molecule has 1 aromatic carbocycles. The van der Waals surface area contributed by atoms with Crippen molar-refractivity contribution in [2.75, 3.05) is 39.3 Å². The quantitative estimate of drug-likeness (QED) is 0.736. The van der Waals surface area contributed by atoms with Gasteiger partial charge in [-0.1, -0.05) is 26.0 Å². The van der Waals surface area contributed by atoms with Gasteiger partial charge in [-0.3, -0.25) is 4.90 Å². The van der Waals surface area contributed by atoms with Crippen LogP contribution >= 0.6 is 0 Å². The molecule has 2 saturated heterocycles. The second kappa shape index (κ2) is 8.55. The van der Waals surface area contributed by atoms with Gasteiger partial charge in [0.2, 0.25) is 0 Å². The minimum absolute atomic E-state index is 0.583. The molecule has 3 heteroatoms. The van der Waals surface area contributed by atoms with Crippen molar-refractivity contribution >= 4 is 0 Å². The first-order chi connectivity index (χ1) is 12.0. The maximum Gasteiger partial charge on any atom is 0.119 e. The van der Waals surface area contributed by atoms with Gasteiger partial charge in [-0.2, -0.15) is 0 Å². The molecule has 2 aliphatic heterocycles. The fourth-order valence-corrected chi connectivity index (χ4v) is 4.24. The Bertz CT molecular complexity index is 511. The number of rotatable bonds is 7. The van der Waals surface area contributed by atoms with Crippen LogP contribution in [0.5, 0.6) is 5.75 Å². The highest BCUT2D eigenvalue weighted by molar-refractivity contribution is 5.28. The van der Waals surface area contributed by atoms with Crippen molar-refractivity contribution in [1.29, 1.82) is 0 Å². The van der Waals surface area contributed by atoms with Crippen molar-refractivity contribution in [3.8, 4) is 5.75 Å². The molecule has 1 aromatic rings. The summed E-state index contributed by atoms with van der Waals surface area (Å²) in [6.07, 6.45) is 2.80. The molecule has 2 aliphatic rings. The maximum absolute atomic E-state index is 5.92. The summed E-state index contributed by atoms with van der Waals surface area (Å²) in [5, 5.41) is 0. The minimum Gasteiger partial charge on any atom is -0.492 e. The van der Waals surface area contributed by atoms with Crippen LogP contribution in [0.4, 0.5) is 0 Å². The summed E-state index contributed by atoms with van der Waals surface area (Å²) in [6, 6.07) is 9.30. The van der Waals surface area contributed by atoms with Crippen molar-refractivity contribution in [3.05, 3.63) is 29.8 Å². The van der Waals surface area contributed by atoms with Crippen LogP contribution in [0.15, 0.2) is 24.3 Å². The number of benzene rings is 1. The molecule has 0 unspecified atom stereocenters. The Labute approximate surface area is 154 Å². The molecule has 3 nitrogen and oxygen atoms in total. The molecule has 0 N–H and O–H groups in total. The second-order valence-corrected chi connectivity index (χ2v) is 8.56.